The first-order valence-electron chi connectivity index (χ1n) is 10.0. The highest BCUT2D eigenvalue weighted by atomic mass is 32.2. The molecule has 2 aromatic carbocycles. The summed E-state index contributed by atoms with van der Waals surface area (Å²) >= 11 is 2.04. The van der Waals surface area contributed by atoms with Crippen LogP contribution in [0.4, 0.5) is 5.69 Å². The van der Waals surface area contributed by atoms with Gasteiger partial charge < -0.3 is 0 Å². The van der Waals surface area contributed by atoms with Crippen molar-refractivity contribution in [2.75, 3.05) is 12.9 Å². The maximum Gasteiger partial charge on any atom is 0.135 e. The SMILES string of the molecule is CC(C)(C)c1cc(C(C)(C)C)c2c(c1)C(C)(C)[N+](C)(c1ccccc1)CS2. The Labute approximate surface area is 170 Å². The van der Waals surface area contributed by atoms with Crippen molar-refractivity contribution in [3.05, 3.63) is 59.2 Å². The molecule has 0 saturated carbocycles. The molecule has 0 spiro atoms. The van der Waals surface area contributed by atoms with E-state index in [2.05, 4.69) is 105 Å². The van der Waals surface area contributed by atoms with Crippen LogP contribution in [0.5, 0.6) is 0 Å². The fourth-order valence-electron chi connectivity index (χ4n) is 4.00. The fraction of sp³-hybridized carbons (Fsp3) is 0.520. The molecular formula is C25H36NS+. The third kappa shape index (κ3) is 3.36. The minimum absolute atomic E-state index is 0.00317. The highest BCUT2D eigenvalue weighted by Crippen LogP contribution is 2.52. The lowest BCUT2D eigenvalue weighted by atomic mass is 9.76. The molecule has 0 fully saturated rings. The van der Waals surface area contributed by atoms with Crippen molar-refractivity contribution >= 4 is 17.4 Å². The standard InChI is InChI=1S/C25H36NS/c1-23(2,3)18-15-20(24(4,5)6)22-21(16-18)25(7,8)26(9,17-27-22)19-13-11-10-12-14-19/h10-16H,17H2,1-9H3/q+1. The van der Waals surface area contributed by atoms with Gasteiger partial charge in [-0.25, -0.2) is 0 Å². The molecule has 3 rings (SSSR count). The van der Waals surface area contributed by atoms with E-state index in [-0.39, 0.29) is 16.4 Å². The first-order valence-corrected chi connectivity index (χ1v) is 11.0. The molecule has 1 nitrogen and oxygen atoms in total. The lowest BCUT2D eigenvalue weighted by Gasteiger charge is -2.51. The predicted octanol–water partition coefficient (Wildman–Crippen LogP) is 7.22. The van der Waals surface area contributed by atoms with Crippen LogP contribution in [0.1, 0.15) is 72.1 Å². The normalized spacial score (nSPS) is 22.4. The van der Waals surface area contributed by atoms with E-state index < -0.39 is 0 Å². The van der Waals surface area contributed by atoms with Gasteiger partial charge in [-0.2, -0.15) is 0 Å². The molecule has 0 amide bonds. The Bertz CT molecular complexity index is 837. The largest absolute Gasteiger partial charge is 0.277 e. The molecule has 2 aromatic rings. The summed E-state index contributed by atoms with van der Waals surface area (Å²) in [5, 5.41) is 0. The van der Waals surface area contributed by atoms with E-state index in [9.17, 15) is 0 Å². The van der Waals surface area contributed by atoms with Crippen LogP contribution in [-0.2, 0) is 16.4 Å². The predicted molar refractivity (Wildman–Crippen MR) is 122 cm³/mol. The average Bonchev–Trinajstić information content (AvgIpc) is 2.57. The van der Waals surface area contributed by atoms with E-state index in [4.69, 9.17) is 0 Å². The van der Waals surface area contributed by atoms with Gasteiger partial charge in [-0.3, -0.25) is 4.48 Å². The summed E-state index contributed by atoms with van der Waals surface area (Å²) in [5.41, 5.74) is 6.12. The Morgan fingerprint density at radius 3 is 2.00 bits per heavy atom. The zero-order valence-electron chi connectivity index (χ0n) is 18.6. The Hall–Kier alpha value is -1.25. The molecule has 0 aliphatic carbocycles. The van der Waals surface area contributed by atoms with E-state index in [1.807, 2.05) is 11.8 Å². The minimum atomic E-state index is 0.00317. The molecule has 1 heterocycles. The van der Waals surface area contributed by atoms with E-state index in [0.717, 1.165) is 10.4 Å². The van der Waals surface area contributed by atoms with E-state index in [0.29, 0.717) is 0 Å². The molecule has 0 N–H and O–H groups in total. The van der Waals surface area contributed by atoms with Crippen LogP contribution in [0.15, 0.2) is 47.4 Å². The summed E-state index contributed by atoms with van der Waals surface area (Å²) in [5.74, 6) is 1.06. The maximum atomic E-state index is 2.50. The Morgan fingerprint density at radius 2 is 1.48 bits per heavy atom. The molecular weight excluding hydrogens is 346 g/mol. The van der Waals surface area contributed by atoms with Gasteiger partial charge in [-0.15, -0.1) is 0 Å². The number of rotatable bonds is 1. The molecule has 27 heavy (non-hydrogen) atoms. The van der Waals surface area contributed by atoms with Crippen molar-refractivity contribution < 1.29 is 0 Å². The second-order valence-electron chi connectivity index (χ2n) is 10.8. The number of hydrogen-bond donors (Lipinski definition) is 0. The topological polar surface area (TPSA) is 0 Å². The third-order valence-corrected chi connectivity index (χ3v) is 7.82. The highest BCUT2D eigenvalue weighted by Gasteiger charge is 2.49. The van der Waals surface area contributed by atoms with Crippen LogP contribution in [0, 0.1) is 0 Å². The number of quaternary nitrogens is 1. The van der Waals surface area contributed by atoms with Crippen molar-refractivity contribution in [3.8, 4) is 0 Å². The van der Waals surface area contributed by atoms with Crippen LogP contribution >= 0.6 is 11.8 Å². The second-order valence-corrected chi connectivity index (χ2v) is 11.7. The molecule has 0 saturated heterocycles. The lowest BCUT2D eigenvalue weighted by Crippen LogP contribution is -2.60. The van der Waals surface area contributed by atoms with Gasteiger partial charge in [0.25, 0.3) is 0 Å². The number of nitrogens with zero attached hydrogens (tertiary/aromatic N) is 1. The van der Waals surface area contributed by atoms with Crippen molar-refractivity contribution in [2.45, 2.75) is 76.7 Å². The molecule has 1 aliphatic heterocycles. The number of fused-ring (bicyclic) bond motifs is 1. The molecule has 1 unspecified atom stereocenters. The summed E-state index contributed by atoms with van der Waals surface area (Å²) in [7, 11) is 2.39. The molecule has 146 valence electrons. The van der Waals surface area contributed by atoms with E-state index in [1.54, 1.807) is 0 Å². The molecule has 0 aromatic heterocycles. The maximum absolute atomic E-state index is 2.50. The van der Waals surface area contributed by atoms with Gasteiger partial charge in [-0.05, 0) is 54.0 Å². The highest BCUT2D eigenvalue weighted by molar-refractivity contribution is 7.99. The van der Waals surface area contributed by atoms with Gasteiger partial charge in [0, 0.05) is 10.5 Å². The molecule has 2 heteroatoms. The van der Waals surface area contributed by atoms with Crippen LogP contribution < -0.4 is 4.48 Å². The number of benzene rings is 2. The second kappa shape index (κ2) is 6.39. The molecule has 1 atom stereocenters. The van der Waals surface area contributed by atoms with Gasteiger partial charge >= 0.3 is 0 Å². The summed E-state index contributed by atoms with van der Waals surface area (Å²) in [6.07, 6.45) is 0. The van der Waals surface area contributed by atoms with Crippen LogP contribution in [-0.4, -0.2) is 12.9 Å². The van der Waals surface area contributed by atoms with Crippen molar-refractivity contribution in [2.24, 2.45) is 0 Å². The summed E-state index contributed by atoms with van der Waals surface area (Å²) < 4.78 is 0.919. The van der Waals surface area contributed by atoms with Gasteiger partial charge in [0.1, 0.15) is 17.1 Å². The Kier molecular flexibility index (Phi) is 4.85. The first-order chi connectivity index (χ1) is 12.3. The van der Waals surface area contributed by atoms with E-state index >= 15 is 0 Å². The smallest absolute Gasteiger partial charge is 0.135 e. The zero-order chi connectivity index (χ0) is 20.3. The Balaban J connectivity index is 2.29. The molecule has 0 radical (unpaired) electrons. The van der Waals surface area contributed by atoms with Gasteiger partial charge in [0.05, 0.1) is 7.05 Å². The van der Waals surface area contributed by atoms with Crippen LogP contribution in [0.3, 0.4) is 0 Å². The summed E-state index contributed by atoms with van der Waals surface area (Å²) in [4.78, 5) is 1.51. The van der Waals surface area contributed by atoms with Gasteiger partial charge in [-0.1, -0.05) is 77.6 Å². The van der Waals surface area contributed by atoms with Crippen LogP contribution in [0.25, 0.3) is 0 Å². The quantitative estimate of drug-likeness (QED) is 0.469. The van der Waals surface area contributed by atoms with Crippen molar-refractivity contribution in [3.63, 3.8) is 0 Å². The first kappa shape index (κ1) is 20.5. The minimum Gasteiger partial charge on any atom is -0.277 e. The Morgan fingerprint density at radius 1 is 0.889 bits per heavy atom. The van der Waals surface area contributed by atoms with Gasteiger partial charge in [0.15, 0.2) is 0 Å². The summed E-state index contributed by atoms with van der Waals surface area (Å²) in [6.45, 7) is 18.9. The lowest BCUT2D eigenvalue weighted by molar-refractivity contribution is 0.180. The monoisotopic (exact) mass is 382 g/mol. The summed E-state index contributed by atoms with van der Waals surface area (Å²) in [6, 6.07) is 16.0. The van der Waals surface area contributed by atoms with E-state index in [1.165, 1.54) is 27.3 Å². The van der Waals surface area contributed by atoms with Crippen molar-refractivity contribution in [1.29, 1.82) is 0 Å². The molecule has 1 aliphatic rings. The number of para-hydroxylation sites is 1. The average molecular weight is 383 g/mol. The number of hydrogen-bond acceptors (Lipinski definition) is 1. The molecule has 0 bridgehead atoms. The number of thioether (sulfide) groups is 1. The zero-order valence-corrected chi connectivity index (χ0v) is 19.4. The third-order valence-electron chi connectivity index (χ3n) is 6.45. The van der Waals surface area contributed by atoms with Gasteiger partial charge in [0.2, 0.25) is 0 Å². The van der Waals surface area contributed by atoms with Crippen molar-refractivity contribution in [1.82, 2.24) is 4.48 Å². The fourth-order valence-corrected chi connectivity index (χ4v) is 5.85. The van der Waals surface area contributed by atoms with Crippen LogP contribution in [0.2, 0.25) is 0 Å².